The highest BCUT2D eigenvalue weighted by Gasteiger charge is 2.43. The van der Waals surface area contributed by atoms with Gasteiger partial charge in [0, 0.05) is 6.04 Å². The Morgan fingerprint density at radius 2 is 1.95 bits per heavy atom. The number of fused-ring (bicyclic) bond motifs is 1. The second-order valence-electron chi connectivity index (χ2n) is 4.66. The van der Waals surface area contributed by atoms with E-state index in [0.717, 1.165) is 25.0 Å². The van der Waals surface area contributed by atoms with Crippen molar-refractivity contribution in [1.29, 1.82) is 0 Å². The molecule has 1 aliphatic heterocycles. The summed E-state index contributed by atoms with van der Waals surface area (Å²) in [5.74, 6) is 0. The lowest BCUT2D eigenvalue weighted by Crippen LogP contribution is -2.45. The van der Waals surface area contributed by atoms with Gasteiger partial charge in [-0.2, -0.15) is 17.9 Å². The predicted molar refractivity (Wildman–Crippen MR) is 62.1 cm³/mol. The minimum Gasteiger partial charge on any atom is -0.353 e. The number of hydrogen-bond donors (Lipinski definition) is 1. The van der Waals surface area contributed by atoms with Crippen LogP contribution in [-0.4, -0.2) is 21.1 Å². The van der Waals surface area contributed by atoms with E-state index in [2.05, 4.69) is 4.72 Å². The lowest BCUT2D eigenvalue weighted by Gasteiger charge is -2.33. The number of benzene rings is 1. The van der Waals surface area contributed by atoms with Crippen molar-refractivity contribution in [3.05, 3.63) is 23.8 Å². The van der Waals surface area contributed by atoms with Gasteiger partial charge in [0.25, 0.3) is 0 Å². The smallest absolute Gasteiger partial charge is 0.353 e. The number of para-hydroxylation sites is 1. The van der Waals surface area contributed by atoms with Gasteiger partial charge < -0.3 is 4.90 Å². The minimum atomic E-state index is -4.56. The maximum Gasteiger partial charge on any atom is 0.418 e. The molecule has 1 fully saturated rings. The zero-order valence-electron chi connectivity index (χ0n) is 9.74. The summed E-state index contributed by atoms with van der Waals surface area (Å²) in [5, 5.41) is 0. The van der Waals surface area contributed by atoms with Crippen LogP contribution >= 0.6 is 0 Å². The van der Waals surface area contributed by atoms with E-state index in [1.165, 1.54) is 11.0 Å². The van der Waals surface area contributed by atoms with E-state index in [4.69, 9.17) is 0 Å². The van der Waals surface area contributed by atoms with Crippen LogP contribution < -0.4 is 9.62 Å². The summed E-state index contributed by atoms with van der Waals surface area (Å²) in [7, 11) is -3.86. The zero-order valence-corrected chi connectivity index (χ0v) is 10.6. The fourth-order valence-electron chi connectivity index (χ4n) is 2.27. The normalized spacial score (nSPS) is 22.2. The number of nitrogens with one attached hydrogen (secondary N) is 1. The van der Waals surface area contributed by atoms with Crippen LogP contribution in [-0.2, 0) is 16.2 Å². The molecule has 1 heterocycles. The molecule has 0 atom stereocenters. The average molecular weight is 292 g/mol. The van der Waals surface area contributed by atoms with Gasteiger partial charge in [0.05, 0.1) is 17.9 Å². The van der Waals surface area contributed by atoms with Gasteiger partial charge in [0.2, 0.25) is 10.0 Å². The Morgan fingerprint density at radius 1 is 1.26 bits per heavy atom. The molecular weight excluding hydrogens is 281 g/mol. The molecule has 1 aromatic rings. The van der Waals surface area contributed by atoms with Gasteiger partial charge in [0.15, 0.2) is 0 Å². The topological polar surface area (TPSA) is 49.4 Å². The molecule has 0 unspecified atom stereocenters. The highest BCUT2D eigenvalue weighted by atomic mass is 32.2. The highest BCUT2D eigenvalue weighted by molar-refractivity contribution is 7.89. The fourth-order valence-corrected chi connectivity index (χ4v) is 3.48. The lowest BCUT2D eigenvalue weighted by molar-refractivity contribution is -0.137. The Morgan fingerprint density at radius 3 is 2.53 bits per heavy atom. The molecule has 1 aromatic carbocycles. The molecular formula is C11H11F3N2O2S. The largest absolute Gasteiger partial charge is 0.418 e. The van der Waals surface area contributed by atoms with Crippen LogP contribution in [0.2, 0.25) is 0 Å². The van der Waals surface area contributed by atoms with Crippen molar-refractivity contribution in [3.63, 3.8) is 0 Å². The summed E-state index contributed by atoms with van der Waals surface area (Å²) in [4.78, 5) is 1.21. The molecule has 0 aromatic heterocycles. The van der Waals surface area contributed by atoms with Crippen molar-refractivity contribution < 1.29 is 21.6 Å². The third-order valence-electron chi connectivity index (χ3n) is 3.29. The minimum absolute atomic E-state index is 0.00903. The van der Waals surface area contributed by atoms with Crippen LogP contribution in [0.3, 0.4) is 0 Å². The fraction of sp³-hybridized carbons (Fsp3) is 0.455. The number of rotatable bonds is 1. The number of anilines is 1. The molecule has 19 heavy (non-hydrogen) atoms. The van der Waals surface area contributed by atoms with Crippen LogP contribution in [0.25, 0.3) is 0 Å². The second-order valence-corrected chi connectivity index (χ2v) is 6.39. The van der Waals surface area contributed by atoms with Crippen molar-refractivity contribution in [3.8, 4) is 0 Å². The molecule has 0 radical (unpaired) electrons. The molecule has 4 nitrogen and oxygen atoms in total. The average Bonchev–Trinajstić information content (AvgIpc) is 3.11. The van der Waals surface area contributed by atoms with Gasteiger partial charge in [-0.1, -0.05) is 6.07 Å². The molecule has 1 saturated carbocycles. The second kappa shape index (κ2) is 3.86. The van der Waals surface area contributed by atoms with Gasteiger partial charge in [0.1, 0.15) is 4.90 Å². The Bertz CT molecular complexity index is 623. The molecule has 0 amide bonds. The number of halogens is 3. The summed E-state index contributed by atoms with van der Waals surface area (Å²) in [6, 6.07) is 3.25. The van der Waals surface area contributed by atoms with Crippen LogP contribution in [0.15, 0.2) is 23.1 Å². The molecule has 0 bridgehead atoms. The first kappa shape index (κ1) is 12.7. The maximum absolute atomic E-state index is 13.0. The quantitative estimate of drug-likeness (QED) is 0.860. The van der Waals surface area contributed by atoms with Gasteiger partial charge in [-0.15, -0.1) is 0 Å². The first-order chi connectivity index (χ1) is 8.81. The van der Waals surface area contributed by atoms with Crippen molar-refractivity contribution in [2.24, 2.45) is 0 Å². The van der Waals surface area contributed by atoms with Gasteiger partial charge >= 0.3 is 6.18 Å². The van der Waals surface area contributed by atoms with Crippen LogP contribution in [0, 0.1) is 0 Å². The lowest BCUT2D eigenvalue weighted by atomic mass is 10.1. The number of hydrogen-bond acceptors (Lipinski definition) is 3. The van der Waals surface area contributed by atoms with E-state index in [-0.39, 0.29) is 23.3 Å². The molecule has 104 valence electrons. The van der Waals surface area contributed by atoms with E-state index in [0.29, 0.717) is 0 Å². The van der Waals surface area contributed by atoms with Crippen molar-refractivity contribution in [1.82, 2.24) is 4.72 Å². The molecule has 1 N–H and O–H groups in total. The number of sulfonamides is 1. The maximum atomic E-state index is 13.0. The SMILES string of the molecule is O=S1(=O)NCN(C2CC2)c2c(C(F)(F)F)cccc21. The third-order valence-corrected chi connectivity index (χ3v) is 4.71. The summed E-state index contributed by atoms with van der Waals surface area (Å²) >= 11 is 0. The Hall–Kier alpha value is -1.28. The van der Waals surface area contributed by atoms with Crippen molar-refractivity contribution in [2.45, 2.75) is 30.0 Å². The molecule has 1 aliphatic carbocycles. The number of nitrogens with zero attached hydrogens (tertiary/aromatic N) is 1. The standard InChI is InChI=1S/C11H11F3N2O2S/c12-11(13,14)8-2-1-3-9-10(8)16(7-4-5-7)6-15-19(9,17)18/h1-3,7,15H,4-6H2. The van der Waals surface area contributed by atoms with Crippen LogP contribution in [0.5, 0.6) is 0 Å². The van der Waals surface area contributed by atoms with Gasteiger partial charge in [-0.3, -0.25) is 0 Å². The monoisotopic (exact) mass is 292 g/mol. The summed E-state index contributed by atoms with van der Waals surface area (Å²) < 4.78 is 65.1. The van der Waals surface area contributed by atoms with Crippen molar-refractivity contribution in [2.75, 3.05) is 11.6 Å². The van der Waals surface area contributed by atoms with E-state index < -0.39 is 21.8 Å². The van der Waals surface area contributed by atoms with E-state index >= 15 is 0 Å². The van der Waals surface area contributed by atoms with E-state index in [9.17, 15) is 21.6 Å². The zero-order chi connectivity index (χ0) is 13.8. The molecule has 0 saturated heterocycles. The predicted octanol–water partition coefficient (Wildman–Crippen LogP) is 1.92. The first-order valence-corrected chi connectivity index (χ1v) is 7.25. The van der Waals surface area contributed by atoms with Gasteiger partial charge in [-0.05, 0) is 25.0 Å². The number of alkyl halides is 3. The molecule has 2 aliphatic rings. The molecule has 3 rings (SSSR count). The van der Waals surface area contributed by atoms with Crippen LogP contribution in [0.1, 0.15) is 18.4 Å². The third kappa shape index (κ3) is 2.08. The molecule has 0 spiro atoms. The van der Waals surface area contributed by atoms with Gasteiger partial charge in [-0.25, -0.2) is 8.42 Å². The Labute approximate surface area is 108 Å². The van der Waals surface area contributed by atoms with Crippen molar-refractivity contribution >= 4 is 15.7 Å². The Balaban J connectivity index is 2.25. The summed E-state index contributed by atoms with van der Waals surface area (Å²) in [5.41, 5.74) is -1.10. The summed E-state index contributed by atoms with van der Waals surface area (Å²) in [6.07, 6.45) is -2.99. The van der Waals surface area contributed by atoms with Crippen LogP contribution in [0.4, 0.5) is 18.9 Å². The highest BCUT2D eigenvalue weighted by Crippen LogP contribution is 2.44. The van der Waals surface area contributed by atoms with E-state index in [1.807, 2.05) is 0 Å². The Kier molecular flexibility index (Phi) is 2.59. The van der Waals surface area contributed by atoms with E-state index in [1.54, 1.807) is 0 Å². The summed E-state index contributed by atoms with van der Waals surface area (Å²) in [6.45, 7) is -0.104. The first-order valence-electron chi connectivity index (χ1n) is 5.77. The molecule has 8 heteroatoms.